The molecule has 1 fully saturated rings. The number of ether oxygens (including phenoxy) is 1. The number of allylic oxidation sites excluding steroid dienone is 1. The number of hydrogen-bond donors (Lipinski definition) is 0. The summed E-state index contributed by atoms with van der Waals surface area (Å²) < 4.78 is 5.10. The van der Waals surface area contributed by atoms with Crippen molar-refractivity contribution < 1.29 is 9.53 Å². The van der Waals surface area contributed by atoms with Gasteiger partial charge < -0.3 is 4.74 Å². The van der Waals surface area contributed by atoms with Crippen molar-refractivity contribution in [3.05, 3.63) is 11.6 Å². The molecule has 1 rings (SSSR count). The number of esters is 1. The largest absolute Gasteiger partial charge is 0.462 e. The lowest BCUT2D eigenvalue weighted by Crippen LogP contribution is -2.04. The van der Waals surface area contributed by atoms with Crippen molar-refractivity contribution in [1.82, 2.24) is 0 Å². The maximum atomic E-state index is 11.3. The Bertz CT molecular complexity index is 214. The van der Waals surface area contributed by atoms with E-state index in [1.54, 1.807) is 6.08 Å². The summed E-state index contributed by atoms with van der Waals surface area (Å²) in [6.45, 7) is 4.77. The zero-order valence-electron chi connectivity index (χ0n) is 9.21. The number of hydrogen-bond acceptors (Lipinski definition) is 2. The van der Waals surface area contributed by atoms with Gasteiger partial charge in [-0.15, -0.1) is 0 Å². The first-order valence-electron chi connectivity index (χ1n) is 5.56. The lowest BCUT2D eigenvalue weighted by molar-refractivity contribution is -0.138. The fraction of sp³-hybridized carbons (Fsp3) is 0.750. The lowest BCUT2D eigenvalue weighted by atomic mass is 10.1. The van der Waals surface area contributed by atoms with E-state index in [0.29, 0.717) is 12.5 Å². The van der Waals surface area contributed by atoms with Crippen LogP contribution >= 0.6 is 0 Å². The molecule has 0 saturated heterocycles. The molecule has 0 amide bonds. The molecule has 0 N–H and O–H groups in total. The minimum Gasteiger partial charge on any atom is -0.462 e. The highest BCUT2D eigenvalue weighted by molar-refractivity contribution is 5.82. The summed E-state index contributed by atoms with van der Waals surface area (Å²) in [5.41, 5.74) is 1.13. The Balaban J connectivity index is 2.14. The molecule has 0 aromatic heterocycles. The molecule has 2 heteroatoms. The van der Waals surface area contributed by atoms with Crippen LogP contribution in [0.1, 0.15) is 46.0 Å². The van der Waals surface area contributed by atoms with Gasteiger partial charge >= 0.3 is 5.97 Å². The maximum absolute atomic E-state index is 11.3. The van der Waals surface area contributed by atoms with Crippen LogP contribution in [0.5, 0.6) is 0 Å². The smallest absolute Gasteiger partial charge is 0.330 e. The van der Waals surface area contributed by atoms with E-state index in [9.17, 15) is 4.79 Å². The summed E-state index contributed by atoms with van der Waals surface area (Å²) in [6, 6.07) is 0. The van der Waals surface area contributed by atoms with Gasteiger partial charge in [0.05, 0.1) is 6.61 Å². The van der Waals surface area contributed by atoms with E-state index in [1.807, 2.05) is 6.92 Å². The molecule has 0 heterocycles. The number of unbranched alkanes of at least 4 members (excludes halogenated alkanes) is 1. The molecule has 1 aliphatic carbocycles. The summed E-state index contributed by atoms with van der Waals surface area (Å²) in [5, 5.41) is 0. The quantitative estimate of drug-likeness (QED) is 0.482. The van der Waals surface area contributed by atoms with Crippen molar-refractivity contribution in [3.63, 3.8) is 0 Å². The Labute approximate surface area is 86.3 Å². The van der Waals surface area contributed by atoms with Crippen molar-refractivity contribution in [2.75, 3.05) is 6.61 Å². The van der Waals surface area contributed by atoms with Crippen LogP contribution < -0.4 is 0 Å². The monoisotopic (exact) mass is 196 g/mol. The zero-order chi connectivity index (χ0) is 10.4. The highest BCUT2D eigenvalue weighted by Crippen LogP contribution is 2.28. The average molecular weight is 196 g/mol. The van der Waals surface area contributed by atoms with Crippen LogP contribution in [0, 0.1) is 5.92 Å². The Morgan fingerprint density at radius 2 is 2.21 bits per heavy atom. The molecule has 0 atom stereocenters. The van der Waals surface area contributed by atoms with Crippen molar-refractivity contribution in [3.8, 4) is 0 Å². The summed E-state index contributed by atoms with van der Waals surface area (Å²) in [4.78, 5) is 11.3. The van der Waals surface area contributed by atoms with E-state index in [2.05, 4.69) is 6.92 Å². The first-order chi connectivity index (χ1) is 6.72. The van der Waals surface area contributed by atoms with Crippen LogP contribution in [-0.4, -0.2) is 12.6 Å². The van der Waals surface area contributed by atoms with Gasteiger partial charge in [0, 0.05) is 6.08 Å². The van der Waals surface area contributed by atoms with Gasteiger partial charge in [0.1, 0.15) is 0 Å². The molecule has 0 aromatic carbocycles. The molecule has 0 aliphatic heterocycles. The molecule has 0 spiro atoms. The zero-order valence-corrected chi connectivity index (χ0v) is 9.21. The van der Waals surface area contributed by atoms with Crippen LogP contribution in [0.2, 0.25) is 0 Å². The van der Waals surface area contributed by atoms with E-state index in [4.69, 9.17) is 4.74 Å². The summed E-state index contributed by atoms with van der Waals surface area (Å²) in [5.74, 6) is 0.494. The van der Waals surface area contributed by atoms with Crippen LogP contribution in [0.4, 0.5) is 0 Å². The lowest BCUT2D eigenvalue weighted by Gasteiger charge is -2.01. The van der Waals surface area contributed by atoms with Crippen LogP contribution in [-0.2, 0) is 9.53 Å². The summed E-state index contributed by atoms with van der Waals surface area (Å²) in [6.07, 6.45) is 7.42. The van der Waals surface area contributed by atoms with Gasteiger partial charge in [-0.1, -0.05) is 18.9 Å². The normalized spacial score (nSPS) is 16.9. The van der Waals surface area contributed by atoms with E-state index in [-0.39, 0.29) is 5.97 Å². The van der Waals surface area contributed by atoms with Gasteiger partial charge in [0.15, 0.2) is 0 Å². The van der Waals surface area contributed by atoms with Crippen molar-refractivity contribution >= 4 is 5.97 Å². The number of carbonyl (C=O) groups is 1. The summed E-state index contributed by atoms with van der Waals surface area (Å²) in [7, 11) is 0. The molecule has 0 bridgehead atoms. The third-order valence-electron chi connectivity index (χ3n) is 2.45. The van der Waals surface area contributed by atoms with Crippen LogP contribution in [0.15, 0.2) is 11.6 Å². The van der Waals surface area contributed by atoms with E-state index < -0.39 is 0 Å². The van der Waals surface area contributed by atoms with Crippen molar-refractivity contribution in [1.29, 1.82) is 0 Å². The summed E-state index contributed by atoms with van der Waals surface area (Å²) >= 11 is 0. The van der Waals surface area contributed by atoms with E-state index in [1.165, 1.54) is 19.3 Å². The van der Waals surface area contributed by atoms with E-state index >= 15 is 0 Å². The third-order valence-corrected chi connectivity index (χ3v) is 2.45. The van der Waals surface area contributed by atoms with Gasteiger partial charge in [0.2, 0.25) is 0 Å². The van der Waals surface area contributed by atoms with Gasteiger partial charge in [-0.2, -0.15) is 0 Å². The first-order valence-corrected chi connectivity index (χ1v) is 5.56. The second-order valence-corrected chi connectivity index (χ2v) is 4.17. The molecule has 14 heavy (non-hydrogen) atoms. The molecule has 0 unspecified atom stereocenters. The topological polar surface area (TPSA) is 26.3 Å². The minimum absolute atomic E-state index is 0.162. The van der Waals surface area contributed by atoms with Crippen LogP contribution in [0.3, 0.4) is 0 Å². The molecule has 1 saturated carbocycles. The molecule has 0 radical (unpaired) electrons. The van der Waals surface area contributed by atoms with Gasteiger partial charge in [-0.25, -0.2) is 4.79 Å². The van der Waals surface area contributed by atoms with E-state index in [0.717, 1.165) is 18.4 Å². The molecule has 80 valence electrons. The molecule has 2 nitrogen and oxygen atoms in total. The second kappa shape index (κ2) is 5.84. The van der Waals surface area contributed by atoms with Crippen LogP contribution in [0.25, 0.3) is 0 Å². The van der Waals surface area contributed by atoms with Crippen molar-refractivity contribution in [2.24, 2.45) is 5.92 Å². The Hall–Kier alpha value is -0.790. The Morgan fingerprint density at radius 1 is 1.50 bits per heavy atom. The number of carbonyl (C=O) groups excluding carboxylic acids is 1. The average Bonchev–Trinajstić information content (AvgIpc) is 2.95. The predicted molar refractivity (Wildman–Crippen MR) is 57.0 cm³/mol. The Kier molecular flexibility index (Phi) is 4.71. The van der Waals surface area contributed by atoms with Crippen molar-refractivity contribution in [2.45, 2.75) is 46.0 Å². The predicted octanol–water partition coefficient (Wildman–Crippen LogP) is 3.08. The standard InChI is InChI=1S/C12H20O2/c1-3-4-5-10(2)8-12(13)14-9-11-6-7-11/h8,11H,3-7,9H2,1-2H3/b10-8-. The molecule has 0 aromatic rings. The molecule has 1 aliphatic rings. The maximum Gasteiger partial charge on any atom is 0.330 e. The first kappa shape index (κ1) is 11.3. The molecular formula is C12H20O2. The SMILES string of the molecule is CCCC/C(C)=C\C(=O)OCC1CC1. The van der Waals surface area contributed by atoms with Gasteiger partial charge in [-0.3, -0.25) is 0 Å². The van der Waals surface area contributed by atoms with Gasteiger partial charge in [0.25, 0.3) is 0 Å². The fourth-order valence-electron chi connectivity index (χ4n) is 1.26. The molecular weight excluding hydrogens is 176 g/mol. The fourth-order valence-corrected chi connectivity index (χ4v) is 1.26. The number of rotatable bonds is 6. The second-order valence-electron chi connectivity index (χ2n) is 4.17. The third kappa shape index (κ3) is 5.05. The van der Waals surface area contributed by atoms with Gasteiger partial charge in [-0.05, 0) is 38.5 Å². The highest BCUT2D eigenvalue weighted by Gasteiger charge is 2.22. The Morgan fingerprint density at radius 3 is 2.79 bits per heavy atom. The minimum atomic E-state index is -0.162. The highest BCUT2D eigenvalue weighted by atomic mass is 16.5.